The summed E-state index contributed by atoms with van der Waals surface area (Å²) in [6.07, 6.45) is 4.90. The van der Waals surface area contributed by atoms with Crippen LogP contribution in [0.3, 0.4) is 0 Å². The van der Waals surface area contributed by atoms with Crippen molar-refractivity contribution in [3.8, 4) is 11.4 Å². The third kappa shape index (κ3) is 2.96. The molecule has 0 aromatic carbocycles. The fourth-order valence-corrected chi connectivity index (χ4v) is 3.55. The van der Waals surface area contributed by atoms with Crippen molar-refractivity contribution in [3.05, 3.63) is 29.3 Å². The van der Waals surface area contributed by atoms with E-state index in [-0.39, 0.29) is 6.04 Å². The van der Waals surface area contributed by atoms with Crippen molar-refractivity contribution >= 4 is 0 Å². The lowest BCUT2D eigenvalue weighted by atomic mass is 10.00. The Morgan fingerprint density at radius 2 is 1.88 bits per heavy atom. The molecule has 0 bridgehead atoms. The van der Waals surface area contributed by atoms with Gasteiger partial charge >= 0.3 is 0 Å². The van der Waals surface area contributed by atoms with Gasteiger partial charge in [-0.1, -0.05) is 0 Å². The number of hydrogen-bond acceptors (Lipinski definition) is 5. The third-order valence-corrected chi connectivity index (χ3v) is 4.97. The Hall–Kier alpha value is -1.79. The Balaban J connectivity index is 1.76. The second-order valence-electron chi connectivity index (χ2n) is 6.78. The molecule has 2 fully saturated rings. The number of ether oxygens (including phenoxy) is 2. The molecule has 0 N–H and O–H groups in total. The molecule has 24 heavy (non-hydrogen) atoms. The van der Waals surface area contributed by atoms with Gasteiger partial charge in [-0.25, -0.2) is 9.67 Å². The van der Waals surface area contributed by atoms with Crippen LogP contribution >= 0.6 is 0 Å². The lowest BCUT2D eigenvalue weighted by Gasteiger charge is -2.19. The van der Waals surface area contributed by atoms with Crippen molar-refractivity contribution < 1.29 is 9.47 Å². The minimum absolute atomic E-state index is 0.266. The summed E-state index contributed by atoms with van der Waals surface area (Å²) in [6, 6.07) is 2.37. The van der Waals surface area contributed by atoms with Crippen molar-refractivity contribution in [3.63, 3.8) is 0 Å². The summed E-state index contributed by atoms with van der Waals surface area (Å²) in [5, 5.41) is 4.90. The molecule has 2 aromatic rings. The van der Waals surface area contributed by atoms with E-state index in [1.807, 2.05) is 13.1 Å². The first kappa shape index (κ1) is 15.7. The molecule has 0 radical (unpaired) electrons. The lowest BCUT2D eigenvalue weighted by Crippen LogP contribution is -2.16. The highest BCUT2D eigenvalue weighted by atomic mass is 16.5. The smallest absolute Gasteiger partial charge is 0.160 e. The highest BCUT2D eigenvalue weighted by molar-refractivity contribution is 5.59. The van der Waals surface area contributed by atoms with Crippen LogP contribution in [0.2, 0.25) is 0 Å². The zero-order chi connectivity index (χ0) is 16.5. The molecular formula is C18H24N4O2. The van der Waals surface area contributed by atoms with Crippen molar-refractivity contribution in [1.82, 2.24) is 19.7 Å². The van der Waals surface area contributed by atoms with Gasteiger partial charge in [-0.3, -0.25) is 4.98 Å². The average molecular weight is 328 g/mol. The van der Waals surface area contributed by atoms with Gasteiger partial charge in [-0.2, -0.15) is 5.10 Å². The summed E-state index contributed by atoms with van der Waals surface area (Å²) >= 11 is 0. The molecule has 2 aromatic heterocycles. The van der Waals surface area contributed by atoms with Gasteiger partial charge < -0.3 is 9.47 Å². The van der Waals surface area contributed by atoms with Crippen molar-refractivity contribution in [1.29, 1.82) is 0 Å². The first-order valence-electron chi connectivity index (χ1n) is 8.78. The Bertz CT molecular complexity index is 716. The highest BCUT2D eigenvalue weighted by Crippen LogP contribution is 2.31. The van der Waals surface area contributed by atoms with E-state index < -0.39 is 0 Å². The molecule has 4 heterocycles. The first-order chi connectivity index (χ1) is 11.7. The van der Waals surface area contributed by atoms with Gasteiger partial charge in [0.1, 0.15) is 0 Å². The number of aryl methyl sites for hydroxylation is 2. The Kier molecular flexibility index (Phi) is 4.33. The number of rotatable bonds is 3. The molecule has 0 aliphatic carbocycles. The van der Waals surface area contributed by atoms with Gasteiger partial charge in [-0.05, 0) is 44.7 Å². The molecule has 0 amide bonds. The first-order valence-corrected chi connectivity index (χ1v) is 8.78. The molecule has 0 spiro atoms. The molecular weight excluding hydrogens is 304 g/mol. The van der Waals surface area contributed by atoms with Crippen molar-refractivity contribution in [2.24, 2.45) is 0 Å². The maximum Gasteiger partial charge on any atom is 0.160 e. The number of hydrogen-bond donors (Lipinski definition) is 0. The van der Waals surface area contributed by atoms with Crippen LogP contribution in [0.25, 0.3) is 11.4 Å². The average Bonchev–Trinajstić information content (AvgIpc) is 3.25. The largest absolute Gasteiger partial charge is 0.381 e. The van der Waals surface area contributed by atoms with Gasteiger partial charge in [-0.15, -0.1) is 0 Å². The van der Waals surface area contributed by atoms with Gasteiger partial charge in [0.25, 0.3) is 0 Å². The molecule has 2 aliphatic rings. The molecule has 6 nitrogen and oxygen atoms in total. The summed E-state index contributed by atoms with van der Waals surface area (Å²) < 4.78 is 13.1. The summed E-state index contributed by atoms with van der Waals surface area (Å²) in [4.78, 5) is 9.41. The van der Waals surface area contributed by atoms with E-state index in [2.05, 4.69) is 22.7 Å². The highest BCUT2D eigenvalue weighted by Gasteiger charge is 2.28. The zero-order valence-electron chi connectivity index (χ0n) is 14.4. The van der Waals surface area contributed by atoms with Crippen molar-refractivity contribution in [2.75, 3.05) is 26.4 Å². The molecule has 2 aliphatic heterocycles. The van der Waals surface area contributed by atoms with Crippen LogP contribution in [0.5, 0.6) is 0 Å². The van der Waals surface area contributed by atoms with E-state index in [0.29, 0.717) is 12.5 Å². The predicted molar refractivity (Wildman–Crippen MR) is 90.0 cm³/mol. The van der Waals surface area contributed by atoms with Crippen LogP contribution in [0.15, 0.2) is 12.3 Å². The van der Waals surface area contributed by atoms with Crippen LogP contribution < -0.4 is 0 Å². The SMILES string of the molecule is Cc1cc(C)c(-c2nc(C3CCOCC3)nn2C2CCOC2)cn1. The fourth-order valence-electron chi connectivity index (χ4n) is 3.55. The standard InChI is InChI=1S/C18H24N4O2/c1-12-9-13(2)19-10-16(12)18-20-17(14-3-6-23-7-4-14)21-22(18)15-5-8-24-11-15/h9-10,14-15H,3-8,11H2,1-2H3. The van der Waals surface area contributed by atoms with Gasteiger partial charge in [0.05, 0.1) is 12.6 Å². The molecule has 4 rings (SSSR count). The van der Waals surface area contributed by atoms with Crippen LogP contribution in [0.4, 0.5) is 0 Å². The number of nitrogens with zero attached hydrogens (tertiary/aromatic N) is 4. The monoisotopic (exact) mass is 328 g/mol. The van der Waals surface area contributed by atoms with E-state index in [1.54, 1.807) is 0 Å². The van der Waals surface area contributed by atoms with E-state index in [9.17, 15) is 0 Å². The normalized spacial score (nSPS) is 22.2. The van der Waals surface area contributed by atoms with Crippen LogP contribution in [0, 0.1) is 13.8 Å². The molecule has 6 heteroatoms. The van der Waals surface area contributed by atoms with Gasteiger partial charge in [0.15, 0.2) is 11.6 Å². The fraction of sp³-hybridized carbons (Fsp3) is 0.611. The Morgan fingerprint density at radius 1 is 1.08 bits per heavy atom. The van der Waals surface area contributed by atoms with E-state index in [1.165, 1.54) is 5.56 Å². The topological polar surface area (TPSA) is 62.1 Å². The summed E-state index contributed by atoms with van der Waals surface area (Å²) in [5.74, 6) is 2.26. The lowest BCUT2D eigenvalue weighted by molar-refractivity contribution is 0.0835. The van der Waals surface area contributed by atoms with Gasteiger partial charge in [0, 0.05) is 43.2 Å². The zero-order valence-corrected chi connectivity index (χ0v) is 14.4. The van der Waals surface area contributed by atoms with E-state index in [0.717, 1.165) is 62.0 Å². The minimum Gasteiger partial charge on any atom is -0.381 e. The quantitative estimate of drug-likeness (QED) is 0.867. The Morgan fingerprint density at radius 3 is 2.58 bits per heavy atom. The maximum atomic E-state index is 5.58. The second kappa shape index (κ2) is 6.61. The molecule has 2 saturated heterocycles. The van der Waals surface area contributed by atoms with Crippen LogP contribution in [0.1, 0.15) is 48.3 Å². The number of aromatic nitrogens is 4. The second-order valence-corrected chi connectivity index (χ2v) is 6.78. The maximum absolute atomic E-state index is 5.58. The minimum atomic E-state index is 0.266. The summed E-state index contributed by atoms with van der Waals surface area (Å²) in [5.41, 5.74) is 3.28. The predicted octanol–water partition coefficient (Wildman–Crippen LogP) is 2.81. The van der Waals surface area contributed by atoms with Gasteiger partial charge in [0.2, 0.25) is 0 Å². The third-order valence-electron chi connectivity index (χ3n) is 4.97. The molecule has 0 saturated carbocycles. The van der Waals surface area contributed by atoms with Crippen molar-refractivity contribution in [2.45, 2.75) is 45.1 Å². The van der Waals surface area contributed by atoms with E-state index in [4.69, 9.17) is 19.6 Å². The summed E-state index contributed by atoms with van der Waals surface area (Å²) in [7, 11) is 0. The Labute approximate surface area is 142 Å². The van der Waals surface area contributed by atoms with E-state index >= 15 is 0 Å². The molecule has 1 atom stereocenters. The summed E-state index contributed by atoms with van der Waals surface area (Å²) in [6.45, 7) is 7.23. The van der Waals surface area contributed by atoms with Crippen LogP contribution in [-0.2, 0) is 9.47 Å². The molecule has 1 unspecified atom stereocenters. The number of pyridine rings is 1. The van der Waals surface area contributed by atoms with Crippen LogP contribution in [-0.4, -0.2) is 46.2 Å². The molecule has 128 valence electrons.